The van der Waals surface area contributed by atoms with Crippen molar-refractivity contribution in [2.75, 3.05) is 25.7 Å². The number of ether oxygens (including phenoxy) is 1. The van der Waals surface area contributed by atoms with Crippen LogP contribution in [0.15, 0.2) is 91.0 Å². The van der Waals surface area contributed by atoms with Crippen molar-refractivity contribution in [2.45, 2.75) is 102 Å². The van der Waals surface area contributed by atoms with Crippen LogP contribution >= 0.6 is 0 Å². The Morgan fingerprint density at radius 3 is 1.25 bits per heavy atom. The third-order valence-electron chi connectivity index (χ3n) is 9.97. The first-order valence-corrected chi connectivity index (χ1v) is 26.6. The van der Waals surface area contributed by atoms with E-state index in [0.29, 0.717) is 0 Å². The molecule has 0 heterocycles. The number of hydrogen-bond acceptors (Lipinski definition) is 9. The van der Waals surface area contributed by atoms with Crippen LogP contribution < -0.4 is 0 Å². The second kappa shape index (κ2) is 16.4. The van der Waals surface area contributed by atoms with Crippen LogP contribution in [0, 0.1) is 0 Å². The maximum absolute atomic E-state index is 13.1. The summed E-state index contributed by atoms with van der Waals surface area (Å²) in [4.78, 5) is 0. The molecule has 284 valence electrons. The zero-order valence-corrected chi connectivity index (χ0v) is 35.9. The molecule has 3 atom stereocenters. The van der Waals surface area contributed by atoms with Gasteiger partial charge in [-0.3, -0.25) is 8.37 Å². The third kappa shape index (κ3) is 11.6. The summed E-state index contributed by atoms with van der Waals surface area (Å²) in [5.74, 6) is 0. The van der Waals surface area contributed by atoms with E-state index in [2.05, 4.69) is 41.5 Å². The van der Waals surface area contributed by atoms with E-state index >= 15 is 0 Å². The minimum absolute atomic E-state index is 0.277. The van der Waals surface area contributed by atoms with Crippen LogP contribution in [0.4, 0.5) is 0 Å². The van der Waals surface area contributed by atoms with Gasteiger partial charge in [0.15, 0.2) is 16.6 Å². The van der Waals surface area contributed by atoms with E-state index in [1.165, 1.54) is 0 Å². The van der Waals surface area contributed by atoms with Crippen molar-refractivity contribution >= 4 is 36.9 Å². The molecule has 0 aliphatic heterocycles. The highest BCUT2D eigenvalue weighted by atomic mass is 32.2. The van der Waals surface area contributed by atoms with Crippen molar-refractivity contribution in [1.29, 1.82) is 0 Å². The predicted molar refractivity (Wildman–Crippen MR) is 210 cm³/mol. The Bertz CT molecular complexity index is 1660. The fraction of sp³-hybridized carbons (Fsp3) is 0.526. The highest BCUT2D eigenvalue weighted by Crippen LogP contribution is 2.44. The molecule has 0 amide bonds. The van der Waals surface area contributed by atoms with E-state index in [4.69, 9.17) is 22.0 Å². The van der Waals surface area contributed by atoms with E-state index in [1.54, 1.807) is 0 Å². The molecule has 0 aromatic heterocycles. The van der Waals surface area contributed by atoms with Crippen molar-refractivity contribution in [2.24, 2.45) is 0 Å². The van der Waals surface area contributed by atoms with E-state index in [1.807, 2.05) is 117 Å². The number of benzene rings is 3. The van der Waals surface area contributed by atoms with Gasteiger partial charge in [-0.2, -0.15) is 16.8 Å². The van der Waals surface area contributed by atoms with E-state index in [0.717, 1.165) is 29.2 Å². The van der Waals surface area contributed by atoms with Crippen molar-refractivity contribution in [1.82, 2.24) is 0 Å². The molecular formula is C38H58O9S2Si2. The molecule has 3 aromatic carbocycles. The van der Waals surface area contributed by atoms with Gasteiger partial charge in [-0.25, -0.2) is 0 Å². The first-order valence-electron chi connectivity index (χ1n) is 17.2. The Morgan fingerprint density at radius 2 is 0.922 bits per heavy atom. The van der Waals surface area contributed by atoms with Crippen molar-refractivity contribution in [3.8, 4) is 0 Å². The molecule has 0 unspecified atom stereocenters. The van der Waals surface area contributed by atoms with Crippen LogP contribution in [0.25, 0.3) is 0 Å². The molecule has 3 rings (SSSR count). The fourth-order valence-electron chi connectivity index (χ4n) is 5.23. The first kappa shape index (κ1) is 43.2. The molecular weight excluding hydrogens is 721 g/mol. The maximum atomic E-state index is 13.1. The Kier molecular flexibility index (Phi) is 13.9. The molecule has 0 saturated heterocycles. The van der Waals surface area contributed by atoms with Gasteiger partial charge in [-0.15, -0.1) is 0 Å². The van der Waals surface area contributed by atoms with Crippen molar-refractivity contribution in [3.05, 3.63) is 108 Å². The monoisotopic (exact) mass is 778 g/mol. The zero-order valence-electron chi connectivity index (χ0n) is 32.3. The molecule has 0 saturated carbocycles. The normalized spacial score (nSPS) is 15.7. The summed E-state index contributed by atoms with van der Waals surface area (Å²) in [6.07, 6.45) is -1.47. The lowest BCUT2D eigenvalue weighted by Gasteiger charge is -2.47. The molecule has 0 fully saturated rings. The Morgan fingerprint density at radius 1 is 0.549 bits per heavy atom. The molecule has 0 spiro atoms. The molecule has 13 heteroatoms. The van der Waals surface area contributed by atoms with Crippen LogP contribution in [0.5, 0.6) is 0 Å². The van der Waals surface area contributed by atoms with Gasteiger partial charge in [0, 0.05) is 0 Å². The maximum Gasteiger partial charge on any atom is 0.264 e. The van der Waals surface area contributed by atoms with Gasteiger partial charge in [-0.1, -0.05) is 133 Å². The van der Waals surface area contributed by atoms with Gasteiger partial charge in [-0.05, 0) is 53.0 Å². The van der Waals surface area contributed by atoms with Gasteiger partial charge in [0.05, 0.1) is 31.8 Å². The van der Waals surface area contributed by atoms with Gasteiger partial charge in [0.1, 0.15) is 17.8 Å². The molecule has 51 heavy (non-hydrogen) atoms. The molecule has 3 aromatic rings. The third-order valence-corrected chi connectivity index (χ3v) is 20.1. The topological polar surface area (TPSA) is 114 Å². The molecule has 0 aliphatic rings. The first-order chi connectivity index (χ1) is 23.3. The lowest BCUT2D eigenvalue weighted by molar-refractivity contribution is -0.0965. The van der Waals surface area contributed by atoms with Gasteiger partial charge < -0.3 is 13.6 Å². The number of hydrogen-bond donors (Lipinski definition) is 0. The Labute approximate surface area is 309 Å². The van der Waals surface area contributed by atoms with Crippen LogP contribution in [0.2, 0.25) is 36.3 Å². The van der Waals surface area contributed by atoms with Gasteiger partial charge in [0.25, 0.3) is 20.2 Å². The molecule has 0 radical (unpaired) electrons. The summed E-state index contributed by atoms with van der Waals surface area (Å²) in [7, 11) is -13.4. The minimum atomic E-state index is -4.12. The van der Waals surface area contributed by atoms with Gasteiger partial charge >= 0.3 is 0 Å². The highest BCUT2D eigenvalue weighted by Gasteiger charge is 2.49. The highest BCUT2D eigenvalue weighted by molar-refractivity contribution is 7.86. The summed E-state index contributed by atoms with van der Waals surface area (Å²) in [6.45, 7) is 19.9. The van der Waals surface area contributed by atoms with E-state index in [-0.39, 0.29) is 16.7 Å². The average Bonchev–Trinajstić information content (AvgIpc) is 3.01. The quantitative estimate of drug-likeness (QED) is 0.0762. The molecule has 0 N–H and O–H groups in total. The predicted octanol–water partition coefficient (Wildman–Crippen LogP) is 8.10. The largest absolute Gasteiger partial charge is 0.409 e. The lowest BCUT2D eigenvalue weighted by atomic mass is 9.80. The zero-order chi connectivity index (χ0) is 38.5. The summed E-state index contributed by atoms with van der Waals surface area (Å²) >= 11 is 0. The summed E-state index contributed by atoms with van der Waals surface area (Å²) in [5.41, 5.74) is 1.24. The SMILES string of the molecule is CC(C)(C)[Si](C)(C)O[C@H]([C@H](COS(C)(=O)=O)O[Si](C)(C)C(C)(C)C)[C@H](COC(c1ccccc1)(c1ccccc1)c1ccccc1)OS(C)(=O)=O. The molecule has 9 nitrogen and oxygen atoms in total. The summed E-state index contributed by atoms with van der Waals surface area (Å²) < 4.78 is 83.6. The smallest absolute Gasteiger partial charge is 0.264 e. The molecule has 0 bridgehead atoms. The average molecular weight is 779 g/mol. The van der Waals surface area contributed by atoms with Crippen molar-refractivity contribution in [3.63, 3.8) is 0 Å². The van der Waals surface area contributed by atoms with E-state index < -0.39 is 67.4 Å². The van der Waals surface area contributed by atoms with Crippen LogP contribution in [-0.4, -0.2) is 77.5 Å². The minimum Gasteiger partial charge on any atom is -0.409 e. The van der Waals surface area contributed by atoms with E-state index in [9.17, 15) is 16.8 Å². The van der Waals surface area contributed by atoms with Crippen molar-refractivity contribution < 1.29 is 38.8 Å². The Balaban J connectivity index is 2.33. The second-order valence-electron chi connectivity index (χ2n) is 16.2. The molecule has 0 aliphatic carbocycles. The number of rotatable bonds is 17. The summed E-state index contributed by atoms with van der Waals surface area (Å²) in [6, 6.07) is 29.2. The van der Waals surface area contributed by atoms with Crippen LogP contribution in [0.3, 0.4) is 0 Å². The Hall–Kier alpha value is -2.21. The standard InChI is InChI=1S/C38H58O9S2Si2/c1-36(2,3)50(9,10)46-34(29-44-48(7,39)40)35(47-51(11,12)37(4,5)6)33(45-49(8,41)42)28-43-38(30-22-16-13-17-23-30,31-24-18-14-19-25-31)32-26-20-15-21-27-32/h13-27,33-35H,28-29H2,1-12H3/t33-,34-,35-/m0/s1. The van der Waals surface area contributed by atoms with Crippen LogP contribution in [-0.2, 0) is 47.8 Å². The van der Waals surface area contributed by atoms with Crippen LogP contribution in [0.1, 0.15) is 58.2 Å². The fourth-order valence-corrected chi connectivity index (χ4v) is 8.87. The second-order valence-corrected chi connectivity index (χ2v) is 28.9. The van der Waals surface area contributed by atoms with Gasteiger partial charge in [0.2, 0.25) is 0 Å². The summed E-state index contributed by atoms with van der Waals surface area (Å²) in [5, 5.41) is -0.604. The lowest BCUT2D eigenvalue weighted by Crippen LogP contribution is -2.58.